The summed E-state index contributed by atoms with van der Waals surface area (Å²) < 4.78 is 50.2. The summed E-state index contributed by atoms with van der Waals surface area (Å²) in [5, 5.41) is 9.75. The standard InChI is InChI=1S/C28H25F3O4S/c1-36-25(9-11-28(29,30)31)21-7-4-6-19(15-21)23-14-18(13-22-10-12-34-27(22)23)17-35-24-8-3-2-5-20(24)16-26(32)33/h2-8,10,12-15,25H,9,11,16-17H2,1H3,(H,32,33). The van der Waals surface area contributed by atoms with Crippen LogP contribution in [0.1, 0.15) is 34.8 Å². The highest BCUT2D eigenvalue weighted by molar-refractivity contribution is 7.98. The number of carboxylic acids is 1. The molecule has 36 heavy (non-hydrogen) atoms. The topological polar surface area (TPSA) is 59.7 Å². The maximum Gasteiger partial charge on any atom is 0.389 e. The molecule has 0 spiro atoms. The van der Waals surface area contributed by atoms with Gasteiger partial charge in [0.05, 0.1) is 12.7 Å². The molecule has 0 aliphatic rings. The van der Waals surface area contributed by atoms with E-state index in [1.807, 2.05) is 48.7 Å². The molecule has 4 aromatic rings. The number of alkyl halides is 3. The highest BCUT2D eigenvalue weighted by Gasteiger charge is 2.28. The number of carboxylic acid groups (broad SMARTS) is 1. The SMILES string of the molecule is CSC(CCC(F)(F)F)c1cccc(-c2cc(COc3ccccc3CC(=O)O)cc3ccoc23)c1. The van der Waals surface area contributed by atoms with Crippen LogP contribution in [0.25, 0.3) is 22.1 Å². The van der Waals surface area contributed by atoms with Crippen molar-refractivity contribution >= 4 is 28.7 Å². The highest BCUT2D eigenvalue weighted by atomic mass is 32.2. The van der Waals surface area contributed by atoms with E-state index in [0.717, 1.165) is 27.6 Å². The van der Waals surface area contributed by atoms with Crippen molar-refractivity contribution in [2.75, 3.05) is 6.26 Å². The Kier molecular flexibility index (Phi) is 7.94. The number of thioether (sulfide) groups is 1. The van der Waals surface area contributed by atoms with E-state index in [1.165, 1.54) is 11.8 Å². The van der Waals surface area contributed by atoms with Crippen molar-refractivity contribution in [2.24, 2.45) is 0 Å². The lowest BCUT2D eigenvalue weighted by Gasteiger charge is -2.17. The van der Waals surface area contributed by atoms with Gasteiger partial charge in [-0.05, 0) is 59.7 Å². The Morgan fingerprint density at radius 2 is 1.89 bits per heavy atom. The second-order valence-electron chi connectivity index (χ2n) is 8.45. The number of fused-ring (bicyclic) bond motifs is 1. The molecule has 1 atom stereocenters. The Morgan fingerprint density at radius 1 is 1.08 bits per heavy atom. The number of aliphatic carboxylic acids is 1. The van der Waals surface area contributed by atoms with E-state index >= 15 is 0 Å². The van der Waals surface area contributed by atoms with Gasteiger partial charge in [-0.3, -0.25) is 4.79 Å². The van der Waals surface area contributed by atoms with Crippen molar-refractivity contribution in [3.63, 3.8) is 0 Å². The summed E-state index contributed by atoms with van der Waals surface area (Å²) in [7, 11) is 0. The average Bonchev–Trinajstić information content (AvgIpc) is 3.31. The first-order valence-electron chi connectivity index (χ1n) is 11.4. The number of rotatable bonds is 10. The molecule has 1 aromatic heterocycles. The van der Waals surface area contributed by atoms with E-state index < -0.39 is 18.6 Å². The van der Waals surface area contributed by atoms with Crippen molar-refractivity contribution in [2.45, 2.75) is 37.3 Å². The second-order valence-corrected chi connectivity index (χ2v) is 9.49. The molecule has 0 aliphatic heterocycles. The minimum atomic E-state index is -4.19. The zero-order valence-electron chi connectivity index (χ0n) is 19.5. The number of hydrogen-bond acceptors (Lipinski definition) is 4. The molecule has 0 saturated heterocycles. The summed E-state index contributed by atoms with van der Waals surface area (Å²) in [6.07, 6.45) is -1.74. The third kappa shape index (κ3) is 6.43. The fraction of sp³-hybridized carbons (Fsp3) is 0.250. The van der Waals surface area contributed by atoms with Gasteiger partial charge in [-0.2, -0.15) is 24.9 Å². The first-order chi connectivity index (χ1) is 17.2. The number of para-hydroxylation sites is 1. The summed E-state index contributed by atoms with van der Waals surface area (Å²) >= 11 is 1.40. The second kappa shape index (κ2) is 11.1. The molecule has 1 N–H and O–H groups in total. The first kappa shape index (κ1) is 25.7. The van der Waals surface area contributed by atoms with Gasteiger partial charge in [-0.1, -0.05) is 36.4 Å². The van der Waals surface area contributed by atoms with Gasteiger partial charge >= 0.3 is 12.1 Å². The molecule has 0 amide bonds. The number of furan rings is 1. The minimum absolute atomic E-state index is 0.00785. The Hall–Kier alpha value is -3.39. The quantitative estimate of drug-likeness (QED) is 0.232. The predicted molar refractivity (Wildman–Crippen MR) is 135 cm³/mol. The average molecular weight is 515 g/mol. The van der Waals surface area contributed by atoms with Crippen LogP contribution in [-0.4, -0.2) is 23.5 Å². The third-order valence-corrected chi connectivity index (χ3v) is 6.94. The van der Waals surface area contributed by atoms with Gasteiger partial charge in [0.1, 0.15) is 17.9 Å². The molecule has 0 bridgehead atoms. The predicted octanol–water partition coefficient (Wildman–Crippen LogP) is 8.05. The molecule has 0 saturated carbocycles. The molecule has 1 unspecified atom stereocenters. The Morgan fingerprint density at radius 3 is 2.64 bits per heavy atom. The molecular weight excluding hydrogens is 489 g/mol. The summed E-state index contributed by atoms with van der Waals surface area (Å²) in [5.41, 5.74) is 4.60. The fourth-order valence-corrected chi connectivity index (χ4v) is 4.95. The zero-order valence-corrected chi connectivity index (χ0v) is 20.4. The van der Waals surface area contributed by atoms with Crippen molar-refractivity contribution in [3.8, 4) is 16.9 Å². The highest BCUT2D eigenvalue weighted by Crippen LogP contribution is 2.38. The zero-order chi connectivity index (χ0) is 25.7. The van der Waals surface area contributed by atoms with Crippen molar-refractivity contribution in [1.29, 1.82) is 0 Å². The summed E-state index contributed by atoms with van der Waals surface area (Å²) in [4.78, 5) is 11.2. The molecule has 3 aromatic carbocycles. The van der Waals surface area contributed by atoms with Gasteiger partial charge in [-0.25, -0.2) is 0 Å². The third-order valence-electron chi connectivity index (χ3n) is 5.86. The van der Waals surface area contributed by atoms with Gasteiger partial charge in [0.2, 0.25) is 0 Å². The van der Waals surface area contributed by atoms with Crippen molar-refractivity contribution in [3.05, 3.63) is 89.7 Å². The van der Waals surface area contributed by atoms with Crippen LogP contribution in [0, 0.1) is 0 Å². The molecule has 8 heteroatoms. The van der Waals surface area contributed by atoms with Crippen LogP contribution in [0.15, 0.2) is 77.4 Å². The lowest BCUT2D eigenvalue weighted by atomic mass is 9.97. The summed E-state index contributed by atoms with van der Waals surface area (Å²) in [6, 6.07) is 20.3. The Bertz CT molecular complexity index is 1350. The molecule has 4 nitrogen and oxygen atoms in total. The van der Waals surface area contributed by atoms with Crippen molar-refractivity contribution < 1.29 is 32.2 Å². The lowest BCUT2D eigenvalue weighted by Crippen LogP contribution is -2.09. The van der Waals surface area contributed by atoms with Gasteiger partial charge in [0, 0.05) is 28.2 Å². The fourth-order valence-electron chi connectivity index (χ4n) is 4.18. The maximum atomic E-state index is 12.8. The Labute approximate surface area is 211 Å². The van der Waals surface area contributed by atoms with E-state index in [0.29, 0.717) is 16.9 Å². The molecule has 0 fully saturated rings. The van der Waals surface area contributed by atoms with Crippen LogP contribution in [0.4, 0.5) is 13.2 Å². The van der Waals surface area contributed by atoms with Gasteiger partial charge in [0.25, 0.3) is 0 Å². The largest absolute Gasteiger partial charge is 0.489 e. The Balaban J connectivity index is 1.63. The van der Waals surface area contributed by atoms with E-state index in [2.05, 4.69) is 0 Å². The molecule has 0 radical (unpaired) electrons. The van der Waals surface area contributed by atoms with Gasteiger partial charge < -0.3 is 14.3 Å². The van der Waals surface area contributed by atoms with Crippen LogP contribution < -0.4 is 4.74 Å². The number of carbonyl (C=O) groups is 1. The minimum Gasteiger partial charge on any atom is -0.489 e. The molecule has 0 aliphatic carbocycles. The normalized spacial score (nSPS) is 12.6. The van der Waals surface area contributed by atoms with E-state index in [9.17, 15) is 18.0 Å². The van der Waals surface area contributed by atoms with E-state index in [4.69, 9.17) is 14.3 Å². The smallest absolute Gasteiger partial charge is 0.389 e. The summed E-state index contributed by atoms with van der Waals surface area (Å²) in [6.45, 7) is 0.212. The van der Waals surface area contributed by atoms with Crippen LogP contribution in [0.5, 0.6) is 5.75 Å². The molecule has 188 valence electrons. The lowest BCUT2D eigenvalue weighted by molar-refractivity contribution is -0.136. The van der Waals surface area contributed by atoms with Crippen LogP contribution in [0.2, 0.25) is 0 Å². The molecular formula is C28H25F3O4S. The maximum absolute atomic E-state index is 12.8. The summed E-state index contributed by atoms with van der Waals surface area (Å²) in [5.74, 6) is -0.435. The van der Waals surface area contributed by atoms with E-state index in [-0.39, 0.29) is 24.7 Å². The van der Waals surface area contributed by atoms with Gasteiger partial charge in [0.15, 0.2) is 0 Å². The molecule has 4 rings (SSSR count). The van der Waals surface area contributed by atoms with Crippen LogP contribution >= 0.6 is 11.8 Å². The first-order valence-corrected chi connectivity index (χ1v) is 12.6. The molecule has 1 heterocycles. The van der Waals surface area contributed by atoms with Crippen LogP contribution in [-0.2, 0) is 17.8 Å². The number of ether oxygens (including phenoxy) is 1. The number of halogens is 3. The van der Waals surface area contributed by atoms with Crippen LogP contribution in [0.3, 0.4) is 0 Å². The van der Waals surface area contributed by atoms with E-state index in [1.54, 1.807) is 30.5 Å². The van der Waals surface area contributed by atoms with Crippen molar-refractivity contribution in [1.82, 2.24) is 0 Å². The monoisotopic (exact) mass is 514 g/mol. The number of benzene rings is 3. The van der Waals surface area contributed by atoms with Gasteiger partial charge in [-0.15, -0.1) is 0 Å². The number of hydrogen-bond donors (Lipinski definition) is 1.